The van der Waals surface area contributed by atoms with Gasteiger partial charge in [0.1, 0.15) is 5.75 Å². The molecule has 0 heterocycles. The summed E-state index contributed by atoms with van der Waals surface area (Å²) >= 11 is 0. The van der Waals surface area contributed by atoms with Gasteiger partial charge in [0.15, 0.2) is 0 Å². The lowest BCUT2D eigenvalue weighted by Gasteiger charge is -1.94. The Balaban J connectivity index is 2.96. The lowest BCUT2D eigenvalue weighted by atomic mass is 10.2. The molecule has 0 saturated heterocycles. The lowest BCUT2D eigenvalue weighted by molar-refractivity contribution is 0.100. The molecule has 0 fully saturated rings. The van der Waals surface area contributed by atoms with Crippen molar-refractivity contribution in [3.8, 4) is 5.75 Å². The number of carbonyl (C=O) groups excluding carboxylic acids is 1. The van der Waals surface area contributed by atoms with E-state index < -0.39 is 0 Å². The van der Waals surface area contributed by atoms with Crippen LogP contribution in [0.25, 0.3) is 0 Å². The molecular weight excluding hydrogens is 154 g/mol. The molecule has 0 aliphatic heterocycles. The van der Waals surface area contributed by atoms with Gasteiger partial charge in [-0.3, -0.25) is 4.79 Å². The van der Waals surface area contributed by atoms with Crippen LogP contribution in [0.3, 0.4) is 0 Å². The van der Waals surface area contributed by atoms with Crippen molar-refractivity contribution in [2.24, 2.45) is 4.99 Å². The van der Waals surface area contributed by atoms with E-state index in [0.29, 0.717) is 5.56 Å². The molecule has 0 bridgehead atoms. The second-order valence-corrected chi connectivity index (χ2v) is 2.24. The highest BCUT2D eigenvalue weighted by atomic mass is 16.3. The third-order valence-corrected chi connectivity index (χ3v) is 1.34. The van der Waals surface area contributed by atoms with Crippen molar-refractivity contribution in [2.75, 3.05) is 0 Å². The zero-order valence-electron chi connectivity index (χ0n) is 6.69. The van der Waals surface area contributed by atoms with Crippen molar-refractivity contribution in [1.82, 2.24) is 0 Å². The number of phenols is 1. The highest BCUT2D eigenvalue weighted by molar-refractivity contribution is 5.98. The topological polar surface area (TPSA) is 49.7 Å². The second kappa shape index (κ2) is 3.67. The highest BCUT2D eigenvalue weighted by Gasteiger charge is 2.01. The molecular formula is C9H9NO2. The van der Waals surface area contributed by atoms with E-state index in [1.54, 1.807) is 19.1 Å². The van der Waals surface area contributed by atoms with Gasteiger partial charge in [-0.05, 0) is 25.1 Å². The molecule has 0 radical (unpaired) electrons. The van der Waals surface area contributed by atoms with Crippen molar-refractivity contribution in [3.63, 3.8) is 0 Å². The summed E-state index contributed by atoms with van der Waals surface area (Å²) in [6, 6.07) is 6.10. The maximum Gasteiger partial charge on any atom is 0.276 e. The molecule has 3 heteroatoms. The summed E-state index contributed by atoms with van der Waals surface area (Å²) < 4.78 is 0. The van der Waals surface area contributed by atoms with Crippen LogP contribution in [0.5, 0.6) is 5.75 Å². The Hall–Kier alpha value is -1.64. The Morgan fingerprint density at radius 1 is 1.58 bits per heavy atom. The van der Waals surface area contributed by atoms with Gasteiger partial charge < -0.3 is 5.11 Å². The first-order valence-electron chi connectivity index (χ1n) is 3.56. The minimum Gasteiger partial charge on any atom is -0.508 e. The van der Waals surface area contributed by atoms with Crippen LogP contribution in [0.4, 0.5) is 0 Å². The average Bonchev–Trinajstić information content (AvgIpc) is 2.05. The van der Waals surface area contributed by atoms with Gasteiger partial charge in [0.2, 0.25) is 0 Å². The molecule has 0 spiro atoms. The minimum absolute atomic E-state index is 0.0761. The third-order valence-electron chi connectivity index (χ3n) is 1.34. The van der Waals surface area contributed by atoms with Crippen LogP contribution >= 0.6 is 0 Å². The molecule has 1 aromatic rings. The summed E-state index contributed by atoms with van der Waals surface area (Å²) in [5.74, 6) is -0.263. The fourth-order valence-corrected chi connectivity index (χ4v) is 0.831. The molecule has 1 N–H and O–H groups in total. The van der Waals surface area contributed by atoms with Gasteiger partial charge in [0.25, 0.3) is 5.91 Å². The van der Waals surface area contributed by atoms with Crippen molar-refractivity contribution < 1.29 is 9.90 Å². The van der Waals surface area contributed by atoms with Crippen LogP contribution in [-0.2, 0) is 0 Å². The van der Waals surface area contributed by atoms with Gasteiger partial charge in [-0.1, -0.05) is 6.07 Å². The predicted octanol–water partition coefficient (Wildman–Crippen LogP) is 1.62. The summed E-state index contributed by atoms with van der Waals surface area (Å²) in [6.45, 7) is 1.67. The van der Waals surface area contributed by atoms with Crippen LogP contribution in [0.1, 0.15) is 17.3 Å². The first kappa shape index (κ1) is 8.46. The molecule has 0 unspecified atom stereocenters. The number of hydrogen-bond acceptors (Lipinski definition) is 2. The van der Waals surface area contributed by atoms with E-state index >= 15 is 0 Å². The van der Waals surface area contributed by atoms with Crippen LogP contribution < -0.4 is 0 Å². The number of hydrogen-bond donors (Lipinski definition) is 1. The predicted molar refractivity (Wildman–Crippen MR) is 46.6 cm³/mol. The molecule has 0 aliphatic carbocycles. The monoisotopic (exact) mass is 163 g/mol. The first-order chi connectivity index (χ1) is 5.74. The molecule has 1 amide bonds. The number of carbonyl (C=O) groups is 1. The molecule has 12 heavy (non-hydrogen) atoms. The minimum atomic E-state index is -0.339. The number of aromatic hydroxyl groups is 1. The Morgan fingerprint density at radius 2 is 2.33 bits per heavy atom. The first-order valence-corrected chi connectivity index (χ1v) is 3.56. The molecule has 0 saturated carbocycles. The Morgan fingerprint density at radius 3 is 2.92 bits per heavy atom. The number of benzene rings is 1. The van der Waals surface area contributed by atoms with E-state index in [1.165, 1.54) is 18.3 Å². The quantitative estimate of drug-likeness (QED) is 0.639. The highest BCUT2D eigenvalue weighted by Crippen LogP contribution is 2.11. The van der Waals surface area contributed by atoms with E-state index in [4.69, 9.17) is 5.11 Å². The smallest absolute Gasteiger partial charge is 0.276 e. The van der Waals surface area contributed by atoms with Gasteiger partial charge in [-0.25, -0.2) is 4.99 Å². The molecule has 0 atom stereocenters. The fourth-order valence-electron chi connectivity index (χ4n) is 0.831. The Bertz CT molecular complexity index is 318. The van der Waals surface area contributed by atoms with E-state index in [0.717, 1.165) is 0 Å². The molecule has 3 nitrogen and oxygen atoms in total. The van der Waals surface area contributed by atoms with E-state index in [1.807, 2.05) is 0 Å². The molecule has 0 aromatic heterocycles. The second-order valence-electron chi connectivity index (χ2n) is 2.24. The van der Waals surface area contributed by atoms with Gasteiger partial charge >= 0.3 is 0 Å². The molecule has 62 valence electrons. The number of rotatable bonds is 1. The van der Waals surface area contributed by atoms with Crippen molar-refractivity contribution >= 4 is 12.1 Å². The maximum absolute atomic E-state index is 11.1. The Kier molecular flexibility index (Phi) is 2.58. The standard InChI is InChI=1S/C9H9NO2/c1-2-10-9(12)7-4-3-5-8(11)6-7/h2-6,11H,1H3. The summed E-state index contributed by atoms with van der Waals surface area (Å²) in [6.07, 6.45) is 1.42. The number of phenolic OH excluding ortho intramolecular Hbond substituents is 1. The third kappa shape index (κ3) is 1.92. The Labute approximate surface area is 70.4 Å². The van der Waals surface area contributed by atoms with E-state index in [-0.39, 0.29) is 11.7 Å². The SMILES string of the molecule is CC=NC(=O)c1cccc(O)c1. The normalized spacial score (nSPS) is 10.4. The number of nitrogens with zero attached hydrogens (tertiary/aromatic N) is 1. The van der Waals surface area contributed by atoms with Gasteiger partial charge in [-0.15, -0.1) is 0 Å². The molecule has 1 aromatic carbocycles. The van der Waals surface area contributed by atoms with Crippen molar-refractivity contribution in [2.45, 2.75) is 6.92 Å². The molecule has 1 rings (SSSR count). The zero-order chi connectivity index (χ0) is 8.97. The van der Waals surface area contributed by atoms with Crippen LogP contribution in [0.2, 0.25) is 0 Å². The fraction of sp³-hybridized carbons (Fsp3) is 0.111. The average molecular weight is 163 g/mol. The summed E-state index contributed by atoms with van der Waals surface area (Å²) in [5.41, 5.74) is 0.396. The van der Waals surface area contributed by atoms with Crippen LogP contribution in [0.15, 0.2) is 29.3 Å². The largest absolute Gasteiger partial charge is 0.508 e. The number of amides is 1. The number of aliphatic imine (C=N–C) groups is 1. The van der Waals surface area contributed by atoms with Gasteiger partial charge in [0, 0.05) is 11.8 Å². The van der Waals surface area contributed by atoms with Crippen molar-refractivity contribution in [1.29, 1.82) is 0 Å². The van der Waals surface area contributed by atoms with Gasteiger partial charge in [-0.2, -0.15) is 0 Å². The van der Waals surface area contributed by atoms with Gasteiger partial charge in [0.05, 0.1) is 0 Å². The van der Waals surface area contributed by atoms with E-state index in [9.17, 15) is 4.79 Å². The van der Waals surface area contributed by atoms with Crippen LogP contribution in [0, 0.1) is 0 Å². The lowest BCUT2D eigenvalue weighted by Crippen LogP contribution is -1.93. The maximum atomic E-state index is 11.1. The zero-order valence-corrected chi connectivity index (χ0v) is 6.69. The van der Waals surface area contributed by atoms with Crippen LogP contribution in [-0.4, -0.2) is 17.2 Å². The summed E-state index contributed by atoms with van der Waals surface area (Å²) in [4.78, 5) is 14.6. The van der Waals surface area contributed by atoms with Crippen molar-refractivity contribution in [3.05, 3.63) is 29.8 Å². The summed E-state index contributed by atoms with van der Waals surface area (Å²) in [5, 5.41) is 9.03. The molecule has 0 aliphatic rings. The van der Waals surface area contributed by atoms with E-state index in [2.05, 4.69) is 4.99 Å². The summed E-state index contributed by atoms with van der Waals surface area (Å²) in [7, 11) is 0.